The van der Waals surface area contributed by atoms with E-state index < -0.39 is 6.16 Å². The van der Waals surface area contributed by atoms with Crippen LogP contribution in [0, 0.1) is 6.92 Å². The maximum atomic E-state index is 11.1. The molecule has 0 fully saturated rings. The summed E-state index contributed by atoms with van der Waals surface area (Å²) in [6, 6.07) is 8.17. The third-order valence-corrected chi connectivity index (χ3v) is 2.68. The maximum absolute atomic E-state index is 11.1. The zero-order valence-electron chi connectivity index (χ0n) is 11.3. The van der Waals surface area contributed by atoms with Gasteiger partial charge < -0.3 is 14.4 Å². The minimum absolute atomic E-state index is 0.334. The van der Waals surface area contributed by atoms with Gasteiger partial charge in [0.25, 0.3) is 0 Å². The summed E-state index contributed by atoms with van der Waals surface area (Å²) < 4.78 is 9.68. The molecule has 0 aliphatic carbocycles. The summed E-state index contributed by atoms with van der Waals surface area (Å²) >= 11 is 0. The van der Waals surface area contributed by atoms with Crippen molar-refractivity contribution in [2.45, 2.75) is 20.8 Å². The molecule has 1 aromatic rings. The molecule has 0 radical (unpaired) electrons. The minimum Gasteiger partial charge on any atom is -0.435 e. The Morgan fingerprint density at radius 3 is 2.56 bits per heavy atom. The second-order valence-corrected chi connectivity index (χ2v) is 3.90. The van der Waals surface area contributed by atoms with Crippen molar-refractivity contribution in [1.82, 2.24) is 0 Å². The first kappa shape index (κ1) is 14.4. The molecule has 0 unspecified atom stereocenters. The van der Waals surface area contributed by atoms with Gasteiger partial charge in [0, 0.05) is 12.2 Å². The average molecular weight is 251 g/mol. The van der Waals surface area contributed by atoms with Gasteiger partial charge in [-0.25, -0.2) is 4.79 Å². The van der Waals surface area contributed by atoms with Gasteiger partial charge in [0.15, 0.2) is 0 Å². The number of hydrogen-bond acceptors (Lipinski definition) is 4. The lowest BCUT2D eigenvalue weighted by Gasteiger charge is -2.24. The predicted octanol–water partition coefficient (Wildman–Crippen LogP) is 2.99. The van der Waals surface area contributed by atoms with Crippen molar-refractivity contribution < 1.29 is 14.3 Å². The molecule has 0 atom stereocenters. The molecule has 0 heterocycles. The van der Waals surface area contributed by atoms with Gasteiger partial charge in [-0.1, -0.05) is 18.2 Å². The first-order valence-corrected chi connectivity index (χ1v) is 6.29. The van der Waals surface area contributed by atoms with Crippen LogP contribution < -0.4 is 4.90 Å². The van der Waals surface area contributed by atoms with Gasteiger partial charge in [-0.3, -0.25) is 0 Å². The van der Waals surface area contributed by atoms with Crippen LogP contribution in [0.15, 0.2) is 24.3 Å². The van der Waals surface area contributed by atoms with Crippen LogP contribution in [0.1, 0.15) is 19.4 Å². The molecule has 0 N–H and O–H groups in total. The number of aryl methyl sites for hydroxylation is 1. The van der Waals surface area contributed by atoms with Crippen LogP contribution in [0.25, 0.3) is 0 Å². The SMILES string of the molecule is CCOC(=O)OCCN(CC)c1ccccc1C. The van der Waals surface area contributed by atoms with Crippen molar-refractivity contribution >= 4 is 11.8 Å². The highest BCUT2D eigenvalue weighted by Gasteiger charge is 2.08. The molecule has 1 aromatic carbocycles. The van der Waals surface area contributed by atoms with E-state index in [1.54, 1.807) is 6.92 Å². The van der Waals surface area contributed by atoms with Gasteiger partial charge >= 0.3 is 6.16 Å². The van der Waals surface area contributed by atoms with E-state index in [1.165, 1.54) is 11.3 Å². The number of anilines is 1. The number of carbonyl (C=O) groups is 1. The second-order valence-electron chi connectivity index (χ2n) is 3.90. The Hall–Kier alpha value is -1.71. The van der Waals surface area contributed by atoms with Crippen LogP contribution in [-0.4, -0.2) is 32.5 Å². The van der Waals surface area contributed by atoms with Crippen molar-refractivity contribution in [3.05, 3.63) is 29.8 Å². The number of benzene rings is 1. The number of rotatable bonds is 6. The summed E-state index contributed by atoms with van der Waals surface area (Å²) in [6.45, 7) is 8.13. The van der Waals surface area contributed by atoms with Gasteiger partial charge in [0.2, 0.25) is 0 Å². The van der Waals surface area contributed by atoms with Crippen molar-refractivity contribution in [2.24, 2.45) is 0 Å². The molecule has 0 aliphatic heterocycles. The van der Waals surface area contributed by atoms with Crippen LogP contribution in [0.4, 0.5) is 10.5 Å². The second kappa shape index (κ2) is 7.58. The largest absolute Gasteiger partial charge is 0.508 e. The molecule has 100 valence electrons. The summed E-state index contributed by atoms with van der Waals surface area (Å²) in [7, 11) is 0. The normalized spacial score (nSPS) is 9.94. The lowest BCUT2D eigenvalue weighted by molar-refractivity contribution is 0.0610. The van der Waals surface area contributed by atoms with Crippen molar-refractivity contribution in [1.29, 1.82) is 0 Å². The zero-order valence-corrected chi connectivity index (χ0v) is 11.3. The van der Waals surface area contributed by atoms with Crippen LogP contribution in [-0.2, 0) is 9.47 Å². The minimum atomic E-state index is -0.599. The van der Waals surface area contributed by atoms with Crippen molar-refractivity contribution in [3.63, 3.8) is 0 Å². The van der Waals surface area contributed by atoms with Crippen molar-refractivity contribution in [2.75, 3.05) is 31.2 Å². The van der Waals surface area contributed by atoms with E-state index in [2.05, 4.69) is 30.9 Å². The standard InChI is InChI=1S/C14H21NO3/c1-4-15(10-11-18-14(16)17-5-2)13-9-7-6-8-12(13)3/h6-9H,4-5,10-11H2,1-3H3. The fourth-order valence-electron chi connectivity index (χ4n) is 1.77. The van der Waals surface area contributed by atoms with E-state index in [1.807, 2.05) is 12.1 Å². The number of likely N-dealkylation sites (N-methyl/N-ethyl adjacent to an activating group) is 1. The monoisotopic (exact) mass is 251 g/mol. The smallest absolute Gasteiger partial charge is 0.435 e. The highest BCUT2D eigenvalue weighted by atomic mass is 16.7. The van der Waals surface area contributed by atoms with E-state index in [-0.39, 0.29) is 0 Å². The van der Waals surface area contributed by atoms with Gasteiger partial charge in [-0.05, 0) is 32.4 Å². The molecule has 0 saturated heterocycles. The predicted molar refractivity (Wildman–Crippen MR) is 72.0 cm³/mol. The summed E-state index contributed by atoms with van der Waals surface area (Å²) in [5.41, 5.74) is 2.39. The number of carbonyl (C=O) groups excluding carboxylic acids is 1. The van der Waals surface area contributed by atoms with E-state index >= 15 is 0 Å². The Morgan fingerprint density at radius 2 is 1.94 bits per heavy atom. The summed E-state index contributed by atoms with van der Waals surface area (Å²) in [5, 5.41) is 0. The first-order valence-electron chi connectivity index (χ1n) is 6.29. The Balaban J connectivity index is 2.48. The van der Waals surface area contributed by atoms with Gasteiger partial charge in [-0.15, -0.1) is 0 Å². The lowest BCUT2D eigenvalue weighted by Crippen LogP contribution is -2.28. The number of nitrogens with zero attached hydrogens (tertiary/aromatic N) is 1. The topological polar surface area (TPSA) is 38.8 Å². The lowest BCUT2D eigenvalue weighted by atomic mass is 10.2. The Morgan fingerprint density at radius 1 is 1.22 bits per heavy atom. The first-order chi connectivity index (χ1) is 8.69. The quantitative estimate of drug-likeness (QED) is 0.729. The van der Waals surface area contributed by atoms with Crippen LogP contribution in [0.3, 0.4) is 0 Å². The van der Waals surface area contributed by atoms with E-state index in [0.717, 1.165) is 6.54 Å². The molecule has 0 saturated carbocycles. The summed E-state index contributed by atoms with van der Waals surface area (Å²) in [6.07, 6.45) is -0.599. The average Bonchev–Trinajstić information content (AvgIpc) is 2.36. The van der Waals surface area contributed by atoms with Crippen LogP contribution in [0.5, 0.6) is 0 Å². The zero-order chi connectivity index (χ0) is 13.4. The summed E-state index contributed by atoms with van der Waals surface area (Å²) in [4.78, 5) is 13.2. The molecule has 0 aliphatic rings. The fraction of sp³-hybridized carbons (Fsp3) is 0.500. The maximum Gasteiger partial charge on any atom is 0.508 e. The van der Waals surface area contributed by atoms with E-state index in [0.29, 0.717) is 19.8 Å². The third kappa shape index (κ3) is 4.28. The Kier molecular flexibility index (Phi) is 6.05. The van der Waals surface area contributed by atoms with Crippen LogP contribution in [0.2, 0.25) is 0 Å². The van der Waals surface area contributed by atoms with E-state index in [4.69, 9.17) is 9.47 Å². The molecule has 4 nitrogen and oxygen atoms in total. The molecule has 1 rings (SSSR count). The van der Waals surface area contributed by atoms with Gasteiger partial charge in [0.05, 0.1) is 13.2 Å². The molecular formula is C14H21NO3. The highest BCUT2D eigenvalue weighted by Crippen LogP contribution is 2.18. The number of ether oxygens (including phenoxy) is 2. The Bertz CT molecular complexity index is 379. The Labute approximate surface area is 108 Å². The third-order valence-electron chi connectivity index (χ3n) is 2.68. The molecular weight excluding hydrogens is 230 g/mol. The molecule has 0 bridgehead atoms. The van der Waals surface area contributed by atoms with Crippen molar-refractivity contribution in [3.8, 4) is 0 Å². The molecule has 0 amide bonds. The van der Waals surface area contributed by atoms with E-state index in [9.17, 15) is 4.79 Å². The van der Waals surface area contributed by atoms with Crippen LogP contribution >= 0.6 is 0 Å². The van der Waals surface area contributed by atoms with Gasteiger partial charge in [-0.2, -0.15) is 0 Å². The summed E-state index contributed by atoms with van der Waals surface area (Å²) in [5.74, 6) is 0. The van der Waals surface area contributed by atoms with Gasteiger partial charge in [0.1, 0.15) is 6.61 Å². The number of para-hydroxylation sites is 1. The number of hydrogen-bond donors (Lipinski definition) is 0. The highest BCUT2D eigenvalue weighted by molar-refractivity contribution is 5.60. The molecule has 4 heteroatoms. The molecule has 0 aromatic heterocycles. The fourth-order valence-corrected chi connectivity index (χ4v) is 1.77. The molecule has 18 heavy (non-hydrogen) atoms. The molecule has 0 spiro atoms.